The number of amides is 1. The molecular formula is C26H32N2O3. The van der Waals surface area contributed by atoms with Crippen molar-refractivity contribution in [1.82, 2.24) is 9.80 Å². The van der Waals surface area contributed by atoms with Crippen molar-refractivity contribution in [2.45, 2.75) is 31.8 Å². The highest BCUT2D eigenvalue weighted by molar-refractivity contribution is 5.97. The van der Waals surface area contributed by atoms with Crippen LogP contribution in [0, 0.1) is 0 Å². The molecule has 4 rings (SSSR count). The summed E-state index contributed by atoms with van der Waals surface area (Å²) in [5, 5.41) is 0. The highest BCUT2D eigenvalue weighted by Gasteiger charge is 2.25. The fraction of sp³-hybridized carbons (Fsp3) is 0.423. The van der Waals surface area contributed by atoms with Crippen molar-refractivity contribution >= 4 is 12.0 Å². The quantitative estimate of drug-likeness (QED) is 0.662. The maximum absolute atomic E-state index is 12.9. The molecule has 0 aromatic heterocycles. The number of piperidine rings is 1. The summed E-state index contributed by atoms with van der Waals surface area (Å²) in [7, 11) is 1.68. The summed E-state index contributed by atoms with van der Waals surface area (Å²) in [6, 6.07) is 15.8. The topological polar surface area (TPSA) is 42.0 Å². The van der Waals surface area contributed by atoms with Crippen molar-refractivity contribution in [3.05, 3.63) is 65.7 Å². The molecule has 0 unspecified atom stereocenters. The van der Waals surface area contributed by atoms with Gasteiger partial charge in [0.15, 0.2) is 0 Å². The minimum atomic E-state index is 0.106. The lowest BCUT2D eigenvalue weighted by Gasteiger charge is -2.32. The summed E-state index contributed by atoms with van der Waals surface area (Å²) in [6.07, 6.45) is 8.68. The number of rotatable bonds is 7. The molecule has 5 heteroatoms. The summed E-state index contributed by atoms with van der Waals surface area (Å²) in [4.78, 5) is 17.2. The first-order chi connectivity index (χ1) is 15.2. The monoisotopic (exact) mass is 420 g/mol. The largest absolute Gasteiger partial charge is 0.497 e. The zero-order valence-corrected chi connectivity index (χ0v) is 18.3. The SMILES string of the molecule is COc1ccc(/C=C/CN2CCC(Oc3ccccc3C(=O)N3CCCC3)CC2)cc1. The molecule has 2 aliphatic rings. The van der Waals surface area contributed by atoms with E-state index >= 15 is 0 Å². The van der Waals surface area contributed by atoms with Gasteiger partial charge in [0.25, 0.3) is 5.91 Å². The second-order valence-corrected chi connectivity index (χ2v) is 8.29. The molecule has 164 valence electrons. The van der Waals surface area contributed by atoms with E-state index in [1.54, 1.807) is 7.11 Å². The third-order valence-corrected chi connectivity index (χ3v) is 6.13. The lowest BCUT2D eigenvalue weighted by Crippen LogP contribution is -2.38. The summed E-state index contributed by atoms with van der Waals surface area (Å²) in [6.45, 7) is 4.65. The number of nitrogens with zero attached hydrogens (tertiary/aromatic N) is 2. The zero-order chi connectivity index (χ0) is 21.5. The average molecular weight is 421 g/mol. The zero-order valence-electron chi connectivity index (χ0n) is 18.3. The molecule has 0 spiro atoms. The van der Waals surface area contributed by atoms with Crippen molar-refractivity contribution in [2.75, 3.05) is 39.8 Å². The van der Waals surface area contributed by atoms with E-state index < -0.39 is 0 Å². The van der Waals surface area contributed by atoms with Crippen molar-refractivity contribution < 1.29 is 14.3 Å². The van der Waals surface area contributed by atoms with E-state index in [-0.39, 0.29) is 12.0 Å². The van der Waals surface area contributed by atoms with Crippen LogP contribution in [0.4, 0.5) is 0 Å². The number of hydrogen-bond donors (Lipinski definition) is 0. The first-order valence-electron chi connectivity index (χ1n) is 11.3. The molecule has 1 amide bonds. The molecule has 5 nitrogen and oxygen atoms in total. The summed E-state index contributed by atoms with van der Waals surface area (Å²) >= 11 is 0. The molecule has 2 aliphatic heterocycles. The van der Waals surface area contributed by atoms with Gasteiger partial charge >= 0.3 is 0 Å². The van der Waals surface area contributed by atoms with Gasteiger partial charge < -0.3 is 14.4 Å². The lowest BCUT2D eigenvalue weighted by molar-refractivity contribution is 0.0772. The lowest BCUT2D eigenvalue weighted by atomic mass is 10.1. The highest BCUT2D eigenvalue weighted by Crippen LogP contribution is 2.25. The van der Waals surface area contributed by atoms with Gasteiger partial charge in [-0.2, -0.15) is 0 Å². The molecular weight excluding hydrogens is 388 g/mol. The Hall–Kier alpha value is -2.79. The molecule has 0 radical (unpaired) electrons. The smallest absolute Gasteiger partial charge is 0.257 e. The standard InChI is InChI=1S/C26H32N2O3/c1-30-22-12-10-21(11-13-22)7-6-16-27-19-14-23(15-20-27)31-25-9-3-2-8-24(25)26(29)28-17-4-5-18-28/h2-3,6-13,23H,4-5,14-20H2,1H3/b7-6+. The number of carbonyl (C=O) groups excluding carboxylic acids is 1. The van der Waals surface area contributed by atoms with Crippen LogP contribution >= 0.6 is 0 Å². The Balaban J connectivity index is 1.26. The van der Waals surface area contributed by atoms with E-state index in [1.165, 1.54) is 5.56 Å². The first-order valence-corrected chi connectivity index (χ1v) is 11.3. The van der Waals surface area contributed by atoms with Gasteiger partial charge in [0.05, 0.1) is 12.7 Å². The van der Waals surface area contributed by atoms with Crippen LogP contribution in [0.15, 0.2) is 54.6 Å². The molecule has 31 heavy (non-hydrogen) atoms. The van der Waals surface area contributed by atoms with Gasteiger partial charge in [-0.1, -0.05) is 36.4 Å². The fourth-order valence-corrected chi connectivity index (χ4v) is 4.28. The predicted molar refractivity (Wildman–Crippen MR) is 124 cm³/mol. The molecule has 2 aromatic rings. The number of likely N-dealkylation sites (tertiary alicyclic amines) is 2. The Morgan fingerprint density at radius 1 is 1.00 bits per heavy atom. The summed E-state index contributed by atoms with van der Waals surface area (Å²) < 4.78 is 11.5. The van der Waals surface area contributed by atoms with E-state index in [0.717, 1.165) is 69.9 Å². The number of benzene rings is 2. The van der Waals surface area contributed by atoms with E-state index in [9.17, 15) is 4.79 Å². The molecule has 0 N–H and O–H groups in total. The first kappa shape index (κ1) is 21.4. The van der Waals surface area contributed by atoms with Crippen LogP contribution in [0.1, 0.15) is 41.6 Å². The van der Waals surface area contributed by atoms with Crippen molar-refractivity contribution in [3.8, 4) is 11.5 Å². The molecule has 2 fully saturated rings. The van der Waals surface area contributed by atoms with Gasteiger partial charge in [-0.3, -0.25) is 9.69 Å². The Bertz CT molecular complexity index is 880. The van der Waals surface area contributed by atoms with Crippen LogP contribution in [0.25, 0.3) is 6.08 Å². The predicted octanol–water partition coefficient (Wildman–Crippen LogP) is 4.49. The number of methoxy groups -OCH3 is 1. The molecule has 0 bridgehead atoms. The second-order valence-electron chi connectivity index (χ2n) is 8.29. The van der Waals surface area contributed by atoms with Gasteiger partial charge in [0.1, 0.15) is 17.6 Å². The van der Waals surface area contributed by atoms with Crippen LogP contribution < -0.4 is 9.47 Å². The normalized spacial score (nSPS) is 17.9. The highest BCUT2D eigenvalue weighted by atomic mass is 16.5. The van der Waals surface area contributed by atoms with Crippen LogP contribution in [0.2, 0.25) is 0 Å². The van der Waals surface area contributed by atoms with Crippen LogP contribution in [0.3, 0.4) is 0 Å². The molecule has 0 aliphatic carbocycles. The fourth-order valence-electron chi connectivity index (χ4n) is 4.28. The van der Waals surface area contributed by atoms with Crippen molar-refractivity contribution in [2.24, 2.45) is 0 Å². The van der Waals surface area contributed by atoms with Crippen molar-refractivity contribution in [3.63, 3.8) is 0 Å². The number of para-hydroxylation sites is 1. The number of hydrogen-bond acceptors (Lipinski definition) is 4. The molecule has 0 saturated carbocycles. The van der Waals surface area contributed by atoms with E-state index in [0.29, 0.717) is 5.56 Å². The maximum Gasteiger partial charge on any atom is 0.257 e. The number of carbonyl (C=O) groups is 1. The van der Waals surface area contributed by atoms with Gasteiger partial charge in [0.2, 0.25) is 0 Å². The van der Waals surface area contributed by atoms with E-state index in [4.69, 9.17) is 9.47 Å². The average Bonchev–Trinajstić information content (AvgIpc) is 3.36. The molecule has 2 heterocycles. The Labute approximate surface area is 185 Å². The van der Waals surface area contributed by atoms with Crippen LogP contribution in [-0.4, -0.2) is 61.6 Å². The van der Waals surface area contributed by atoms with E-state index in [2.05, 4.69) is 29.2 Å². The summed E-state index contributed by atoms with van der Waals surface area (Å²) in [5.74, 6) is 1.72. The molecule has 2 aromatic carbocycles. The van der Waals surface area contributed by atoms with Crippen LogP contribution in [-0.2, 0) is 0 Å². The Kier molecular flexibility index (Phi) is 7.26. The molecule has 2 saturated heterocycles. The summed E-state index contributed by atoms with van der Waals surface area (Å²) in [5.41, 5.74) is 1.88. The van der Waals surface area contributed by atoms with Gasteiger partial charge in [-0.25, -0.2) is 0 Å². The van der Waals surface area contributed by atoms with Gasteiger partial charge in [0, 0.05) is 32.7 Å². The van der Waals surface area contributed by atoms with Gasteiger partial charge in [-0.15, -0.1) is 0 Å². The van der Waals surface area contributed by atoms with Crippen LogP contribution in [0.5, 0.6) is 11.5 Å². The Morgan fingerprint density at radius 3 is 2.42 bits per heavy atom. The minimum Gasteiger partial charge on any atom is -0.497 e. The van der Waals surface area contributed by atoms with Crippen molar-refractivity contribution in [1.29, 1.82) is 0 Å². The Morgan fingerprint density at radius 2 is 1.71 bits per heavy atom. The third-order valence-electron chi connectivity index (χ3n) is 6.13. The maximum atomic E-state index is 12.9. The second kappa shape index (κ2) is 10.5. The molecule has 0 atom stereocenters. The number of ether oxygens (including phenoxy) is 2. The minimum absolute atomic E-state index is 0.106. The van der Waals surface area contributed by atoms with Gasteiger partial charge in [-0.05, 0) is 55.5 Å². The third kappa shape index (κ3) is 5.67. The van der Waals surface area contributed by atoms with E-state index in [1.807, 2.05) is 41.3 Å².